The van der Waals surface area contributed by atoms with E-state index >= 15 is 0 Å². The van der Waals surface area contributed by atoms with Crippen LogP contribution in [0.2, 0.25) is 0 Å². The molecule has 0 aromatic heterocycles. The van der Waals surface area contributed by atoms with Gasteiger partial charge in [0.2, 0.25) is 0 Å². The van der Waals surface area contributed by atoms with Gasteiger partial charge in [-0.25, -0.2) is 0 Å². The monoisotopic (exact) mass is 456 g/mol. The largest absolute Gasteiger partial charge is 0.481 e. The predicted octanol–water partition coefficient (Wildman–Crippen LogP) is 7.23. The molecule has 4 saturated carbocycles. The van der Waals surface area contributed by atoms with E-state index in [1.807, 2.05) is 0 Å². The Morgan fingerprint density at radius 1 is 0.879 bits per heavy atom. The minimum atomic E-state index is -0.553. The van der Waals surface area contributed by atoms with E-state index in [1.54, 1.807) is 0 Å². The maximum atomic E-state index is 12.8. The molecule has 4 fully saturated rings. The van der Waals surface area contributed by atoms with Gasteiger partial charge in [0.25, 0.3) is 0 Å². The minimum Gasteiger partial charge on any atom is -0.481 e. The maximum Gasteiger partial charge on any atom is 0.310 e. The first kappa shape index (κ1) is 23.9. The second kappa shape index (κ2) is 6.89. The molecule has 3 heteroatoms. The summed E-state index contributed by atoms with van der Waals surface area (Å²) in [7, 11) is 0. The number of allylic oxidation sites excluding steroid dienone is 2. The Hall–Kier alpha value is -0.830. The zero-order chi connectivity index (χ0) is 24.2. The average Bonchev–Trinajstić information content (AvgIpc) is 2.71. The number of aliphatic hydroxyl groups excluding tert-OH is 1. The van der Waals surface area contributed by atoms with Crippen LogP contribution in [0.25, 0.3) is 0 Å². The van der Waals surface area contributed by atoms with E-state index in [4.69, 9.17) is 0 Å². The summed E-state index contributed by atoms with van der Waals surface area (Å²) in [5, 5.41) is 21.4. The lowest BCUT2D eigenvalue weighted by Crippen LogP contribution is -2.65. The van der Waals surface area contributed by atoms with Crippen molar-refractivity contribution in [2.75, 3.05) is 0 Å². The number of carboxylic acids is 1. The fourth-order valence-electron chi connectivity index (χ4n) is 10.6. The molecular formula is C30H48O3. The van der Waals surface area contributed by atoms with E-state index in [9.17, 15) is 15.0 Å². The first-order valence-electron chi connectivity index (χ1n) is 13.8. The smallest absolute Gasteiger partial charge is 0.310 e. The molecule has 5 aliphatic rings. The Labute approximate surface area is 201 Å². The number of aliphatic carboxylic acids is 1. The average molecular weight is 457 g/mol. The SMILES string of the molecule is CC1(C)CC[C@@]2(C(=O)O)CC[C@@]3(C)C(=CC[C@H]4[C@@]5(C)CCC(O)C(C)(C)[C@H]5CC[C@]43C)[C@H]2C1. The quantitative estimate of drug-likeness (QED) is 0.409. The zero-order valence-electron chi connectivity index (χ0n) is 22.3. The number of rotatable bonds is 1. The first-order valence-corrected chi connectivity index (χ1v) is 13.8. The van der Waals surface area contributed by atoms with Gasteiger partial charge in [0.05, 0.1) is 11.5 Å². The highest BCUT2D eigenvalue weighted by atomic mass is 16.4. The second-order valence-electron chi connectivity index (χ2n) is 15.1. The lowest BCUT2D eigenvalue weighted by Gasteiger charge is -2.71. The molecule has 186 valence electrons. The molecule has 33 heavy (non-hydrogen) atoms. The van der Waals surface area contributed by atoms with Crippen LogP contribution < -0.4 is 0 Å². The van der Waals surface area contributed by atoms with E-state index < -0.39 is 11.4 Å². The molecule has 0 bridgehead atoms. The lowest BCUT2D eigenvalue weighted by molar-refractivity contribution is -0.205. The Morgan fingerprint density at radius 2 is 1.55 bits per heavy atom. The van der Waals surface area contributed by atoms with E-state index in [2.05, 4.69) is 54.5 Å². The number of hydrogen-bond donors (Lipinski definition) is 2. The third-order valence-corrected chi connectivity index (χ3v) is 13.0. The van der Waals surface area contributed by atoms with Crippen LogP contribution in [-0.2, 0) is 4.79 Å². The molecule has 5 aliphatic carbocycles. The van der Waals surface area contributed by atoms with Crippen LogP contribution in [0.5, 0.6) is 0 Å². The van der Waals surface area contributed by atoms with Crippen molar-refractivity contribution in [2.24, 2.45) is 50.2 Å². The van der Waals surface area contributed by atoms with Gasteiger partial charge in [-0.2, -0.15) is 0 Å². The van der Waals surface area contributed by atoms with Crippen LogP contribution in [0, 0.1) is 50.2 Å². The molecule has 3 nitrogen and oxygen atoms in total. The van der Waals surface area contributed by atoms with Gasteiger partial charge in [-0.15, -0.1) is 0 Å². The van der Waals surface area contributed by atoms with Crippen molar-refractivity contribution in [1.82, 2.24) is 0 Å². The molecular weight excluding hydrogens is 408 g/mol. The van der Waals surface area contributed by atoms with Gasteiger partial charge in [-0.1, -0.05) is 60.1 Å². The minimum absolute atomic E-state index is 0.0301. The second-order valence-corrected chi connectivity index (χ2v) is 15.1. The zero-order valence-corrected chi connectivity index (χ0v) is 22.3. The summed E-state index contributed by atoms with van der Waals surface area (Å²) in [5.41, 5.74) is 1.68. The standard InChI is InChI=1S/C30H48O3/c1-25(2)14-16-30(24(32)33)17-15-28(6)19(20(30)18-25)8-9-22-27(5)12-11-23(31)26(3,4)21(27)10-13-29(22,28)7/h8,20-23,31H,9-18H2,1-7H3,(H,32,33)/t20-,21-,22+,23?,27+,28+,29-,30-/m1/s1. The highest BCUT2D eigenvalue weighted by molar-refractivity contribution is 5.76. The number of hydrogen-bond acceptors (Lipinski definition) is 2. The van der Waals surface area contributed by atoms with E-state index in [-0.39, 0.29) is 39.1 Å². The number of fused-ring (bicyclic) bond motifs is 7. The van der Waals surface area contributed by atoms with Crippen molar-refractivity contribution in [2.45, 2.75) is 119 Å². The molecule has 0 heterocycles. The molecule has 0 aliphatic heterocycles. The van der Waals surface area contributed by atoms with Crippen LogP contribution in [-0.4, -0.2) is 22.3 Å². The molecule has 0 spiro atoms. The van der Waals surface area contributed by atoms with Crippen molar-refractivity contribution in [1.29, 1.82) is 0 Å². The van der Waals surface area contributed by atoms with Gasteiger partial charge in [0, 0.05) is 0 Å². The topological polar surface area (TPSA) is 57.5 Å². The molecule has 2 N–H and O–H groups in total. The number of aliphatic hydroxyl groups is 1. The highest BCUT2D eigenvalue weighted by Crippen LogP contribution is 2.75. The number of carboxylic acid groups (broad SMARTS) is 1. The summed E-state index contributed by atoms with van der Waals surface area (Å²) in [4.78, 5) is 12.8. The summed E-state index contributed by atoms with van der Waals surface area (Å²) < 4.78 is 0. The van der Waals surface area contributed by atoms with Crippen molar-refractivity contribution >= 4 is 5.97 Å². The lowest BCUT2D eigenvalue weighted by atomic mass is 9.33. The van der Waals surface area contributed by atoms with Crippen LogP contribution in [0.3, 0.4) is 0 Å². The molecule has 0 amide bonds. The van der Waals surface area contributed by atoms with Gasteiger partial charge >= 0.3 is 5.97 Å². The van der Waals surface area contributed by atoms with Gasteiger partial charge < -0.3 is 10.2 Å². The first-order chi connectivity index (χ1) is 15.1. The summed E-state index contributed by atoms with van der Waals surface area (Å²) in [6.07, 6.45) is 12.6. The van der Waals surface area contributed by atoms with Crippen molar-refractivity contribution < 1.29 is 15.0 Å². The Morgan fingerprint density at radius 3 is 2.21 bits per heavy atom. The Kier molecular flexibility index (Phi) is 4.99. The molecule has 0 saturated heterocycles. The normalized spacial score (nSPS) is 52.4. The summed E-state index contributed by atoms with van der Waals surface area (Å²) in [6, 6.07) is 0. The van der Waals surface area contributed by atoms with Gasteiger partial charge in [-0.05, 0) is 109 Å². The van der Waals surface area contributed by atoms with Crippen LogP contribution in [0.4, 0.5) is 0 Å². The van der Waals surface area contributed by atoms with Crippen molar-refractivity contribution in [3.05, 3.63) is 11.6 Å². The summed E-state index contributed by atoms with van der Waals surface area (Å²) in [5.74, 6) is 0.807. The molecule has 0 aromatic carbocycles. The van der Waals surface area contributed by atoms with Crippen molar-refractivity contribution in [3.8, 4) is 0 Å². The third-order valence-electron chi connectivity index (χ3n) is 13.0. The predicted molar refractivity (Wildman–Crippen MR) is 133 cm³/mol. The van der Waals surface area contributed by atoms with Gasteiger partial charge in [-0.3, -0.25) is 4.79 Å². The van der Waals surface area contributed by atoms with E-state index in [0.717, 1.165) is 51.4 Å². The van der Waals surface area contributed by atoms with Crippen LogP contribution in [0.15, 0.2) is 11.6 Å². The fraction of sp³-hybridized carbons (Fsp3) is 0.900. The fourth-order valence-corrected chi connectivity index (χ4v) is 10.6. The molecule has 0 aromatic rings. The maximum absolute atomic E-state index is 12.8. The number of carbonyl (C=O) groups is 1. The molecule has 8 atom stereocenters. The molecule has 0 radical (unpaired) electrons. The Balaban J connectivity index is 1.60. The van der Waals surface area contributed by atoms with Crippen molar-refractivity contribution in [3.63, 3.8) is 0 Å². The van der Waals surface area contributed by atoms with E-state index in [1.165, 1.54) is 18.4 Å². The highest BCUT2D eigenvalue weighted by Gasteiger charge is 2.69. The van der Waals surface area contributed by atoms with Crippen LogP contribution >= 0.6 is 0 Å². The Bertz CT molecular complexity index is 885. The van der Waals surface area contributed by atoms with Gasteiger partial charge in [0.15, 0.2) is 0 Å². The summed E-state index contributed by atoms with van der Waals surface area (Å²) in [6.45, 7) is 16.9. The summed E-state index contributed by atoms with van der Waals surface area (Å²) >= 11 is 0. The van der Waals surface area contributed by atoms with E-state index in [0.29, 0.717) is 11.8 Å². The third kappa shape index (κ3) is 2.87. The van der Waals surface area contributed by atoms with Crippen LogP contribution in [0.1, 0.15) is 113 Å². The molecule has 1 unspecified atom stereocenters. The van der Waals surface area contributed by atoms with Gasteiger partial charge in [0.1, 0.15) is 0 Å². The molecule has 5 rings (SSSR count).